The minimum Gasteiger partial charge on any atom is -0.494 e. The van der Waals surface area contributed by atoms with Crippen LogP contribution in [0.3, 0.4) is 0 Å². The van der Waals surface area contributed by atoms with Crippen LogP contribution in [0.2, 0.25) is 0 Å². The first-order chi connectivity index (χ1) is 18.1. The fourth-order valence-corrected chi connectivity index (χ4v) is 4.86. The fraction of sp³-hybridized carbons (Fsp3) is 0.148. The molecule has 0 bridgehead atoms. The number of esters is 1. The molecular weight excluding hydrogens is 508 g/mol. The third kappa shape index (κ3) is 5.68. The van der Waals surface area contributed by atoms with E-state index in [1.165, 1.54) is 12.1 Å². The molecule has 0 spiro atoms. The Kier molecular flexibility index (Phi) is 7.49. The van der Waals surface area contributed by atoms with Gasteiger partial charge in [-0.3, -0.25) is 9.10 Å². The van der Waals surface area contributed by atoms with E-state index in [9.17, 15) is 23.1 Å². The van der Waals surface area contributed by atoms with Crippen LogP contribution in [0.15, 0.2) is 77.8 Å². The van der Waals surface area contributed by atoms with Crippen molar-refractivity contribution in [1.29, 1.82) is 0 Å². The van der Waals surface area contributed by atoms with Gasteiger partial charge in [0.15, 0.2) is 5.88 Å². The Bertz CT molecular complexity index is 1630. The predicted octanol–water partition coefficient (Wildman–Crippen LogP) is 3.47. The van der Waals surface area contributed by atoms with E-state index in [4.69, 9.17) is 15.5 Å². The average molecular weight is 535 g/mol. The van der Waals surface area contributed by atoms with Crippen LogP contribution in [-0.2, 0) is 19.6 Å². The molecule has 0 unspecified atom stereocenters. The number of anilines is 1. The van der Waals surface area contributed by atoms with Crippen LogP contribution in [-0.4, -0.2) is 55.5 Å². The van der Waals surface area contributed by atoms with Crippen LogP contribution >= 0.6 is 0 Å². The standard InChI is InChI=1S/C27H26N4O6S/c1-3-37-27(34)18-9-14-21-22(15-18)30-26(33)24(21)25(17-7-5-4-6-8-17)29-19-10-12-20(13-11-19)31(16-23(28)32)38(2,35)36/h4-15,30,33H,3,16H2,1-2H3,(H2,28,32). The van der Waals surface area contributed by atoms with Gasteiger partial charge in [0.2, 0.25) is 15.9 Å². The molecule has 4 aromatic rings. The molecule has 4 N–H and O–H groups in total. The number of hydrogen-bond acceptors (Lipinski definition) is 7. The van der Waals surface area contributed by atoms with Crippen molar-refractivity contribution in [3.05, 3.63) is 89.5 Å². The third-order valence-electron chi connectivity index (χ3n) is 5.65. The lowest BCUT2D eigenvalue weighted by atomic mass is 10.00. The molecule has 1 aromatic heterocycles. The summed E-state index contributed by atoms with van der Waals surface area (Å²) in [6, 6.07) is 20.4. The molecule has 0 saturated carbocycles. The smallest absolute Gasteiger partial charge is 0.338 e. The average Bonchev–Trinajstić information content (AvgIpc) is 3.21. The number of hydrogen-bond donors (Lipinski definition) is 3. The predicted molar refractivity (Wildman–Crippen MR) is 145 cm³/mol. The van der Waals surface area contributed by atoms with Crippen LogP contribution in [0.4, 0.5) is 11.4 Å². The highest BCUT2D eigenvalue weighted by atomic mass is 32.2. The summed E-state index contributed by atoms with van der Waals surface area (Å²) in [7, 11) is -3.74. The van der Waals surface area contributed by atoms with Gasteiger partial charge in [-0.15, -0.1) is 0 Å². The Morgan fingerprint density at radius 1 is 1.03 bits per heavy atom. The molecule has 10 nitrogen and oxygen atoms in total. The second-order valence-corrected chi connectivity index (χ2v) is 10.3. The highest BCUT2D eigenvalue weighted by Gasteiger charge is 2.21. The molecule has 1 amide bonds. The van der Waals surface area contributed by atoms with Gasteiger partial charge in [-0.25, -0.2) is 18.2 Å². The van der Waals surface area contributed by atoms with E-state index in [0.29, 0.717) is 39.0 Å². The number of carbonyl (C=O) groups excluding carboxylic acids is 2. The summed E-state index contributed by atoms with van der Waals surface area (Å²) >= 11 is 0. The van der Waals surface area contributed by atoms with Crippen molar-refractivity contribution in [3.63, 3.8) is 0 Å². The largest absolute Gasteiger partial charge is 0.494 e. The Labute approximate surface area is 219 Å². The lowest BCUT2D eigenvalue weighted by molar-refractivity contribution is -0.116. The van der Waals surface area contributed by atoms with Crippen LogP contribution in [0.5, 0.6) is 5.88 Å². The van der Waals surface area contributed by atoms with Crippen LogP contribution in [0.1, 0.15) is 28.4 Å². The first-order valence-electron chi connectivity index (χ1n) is 11.6. The topological polar surface area (TPSA) is 155 Å². The molecule has 38 heavy (non-hydrogen) atoms. The maximum atomic E-state index is 12.2. The van der Waals surface area contributed by atoms with Crippen molar-refractivity contribution in [1.82, 2.24) is 4.98 Å². The molecule has 0 fully saturated rings. The molecule has 0 atom stereocenters. The number of fused-ring (bicyclic) bond motifs is 1. The minimum atomic E-state index is -3.74. The molecule has 1 heterocycles. The van der Waals surface area contributed by atoms with E-state index in [0.717, 1.165) is 10.6 Å². The number of nitrogens with zero attached hydrogens (tertiary/aromatic N) is 2. The van der Waals surface area contributed by atoms with Gasteiger partial charge in [0.05, 0.1) is 41.1 Å². The molecule has 3 aromatic carbocycles. The number of rotatable bonds is 9. The van der Waals surface area contributed by atoms with Crippen LogP contribution in [0.25, 0.3) is 10.9 Å². The monoisotopic (exact) mass is 534 g/mol. The summed E-state index contributed by atoms with van der Waals surface area (Å²) in [5.41, 5.74) is 8.41. The first-order valence-corrected chi connectivity index (χ1v) is 13.5. The van der Waals surface area contributed by atoms with Gasteiger partial charge in [0, 0.05) is 16.5 Å². The Morgan fingerprint density at radius 3 is 2.32 bits per heavy atom. The molecule has 0 aliphatic carbocycles. The SMILES string of the molecule is CCOC(=O)c1ccc2c(C(=Nc3ccc(N(CC(N)=O)S(C)(=O)=O)cc3)c3ccccc3)c(O)[nH]c2c1. The van der Waals surface area contributed by atoms with E-state index >= 15 is 0 Å². The summed E-state index contributed by atoms with van der Waals surface area (Å²) in [6.45, 7) is 1.47. The maximum absolute atomic E-state index is 12.2. The Balaban J connectivity index is 1.82. The molecule has 0 saturated heterocycles. The lowest BCUT2D eigenvalue weighted by Crippen LogP contribution is -2.37. The van der Waals surface area contributed by atoms with Crippen LogP contribution in [0, 0.1) is 0 Å². The number of carbonyl (C=O) groups is 2. The number of H-pyrrole nitrogens is 1. The number of aliphatic imine (C=N–C) groups is 1. The second-order valence-electron chi connectivity index (χ2n) is 8.41. The molecule has 0 aliphatic rings. The zero-order valence-corrected chi connectivity index (χ0v) is 21.5. The molecule has 11 heteroatoms. The Morgan fingerprint density at radius 2 is 1.71 bits per heavy atom. The van der Waals surface area contributed by atoms with Gasteiger partial charge in [0.1, 0.15) is 6.54 Å². The third-order valence-corrected chi connectivity index (χ3v) is 6.79. The van der Waals surface area contributed by atoms with Crippen LogP contribution < -0.4 is 10.0 Å². The minimum absolute atomic E-state index is 0.134. The van der Waals surface area contributed by atoms with E-state index in [1.54, 1.807) is 37.3 Å². The van der Waals surface area contributed by atoms with Crippen molar-refractivity contribution in [2.45, 2.75) is 6.92 Å². The summed E-state index contributed by atoms with van der Waals surface area (Å²) in [4.78, 5) is 31.3. The summed E-state index contributed by atoms with van der Waals surface area (Å²) in [5, 5.41) is 11.5. The molecule has 4 rings (SSSR count). The second kappa shape index (κ2) is 10.8. The number of amides is 1. The van der Waals surface area contributed by atoms with Crippen molar-refractivity contribution < 1.29 is 27.9 Å². The van der Waals surface area contributed by atoms with Gasteiger partial charge in [-0.05, 0) is 43.3 Å². The number of nitrogens with one attached hydrogen (secondary N) is 1. The Hall–Kier alpha value is -4.64. The highest BCUT2D eigenvalue weighted by molar-refractivity contribution is 7.92. The van der Waals surface area contributed by atoms with Gasteiger partial charge < -0.3 is 20.6 Å². The molecule has 196 valence electrons. The van der Waals surface area contributed by atoms with Crippen molar-refractivity contribution in [2.24, 2.45) is 10.7 Å². The summed E-state index contributed by atoms with van der Waals surface area (Å²) < 4.78 is 30.3. The van der Waals surface area contributed by atoms with Gasteiger partial charge in [-0.1, -0.05) is 36.4 Å². The lowest BCUT2D eigenvalue weighted by Gasteiger charge is -2.20. The quantitative estimate of drug-likeness (QED) is 0.221. The van der Waals surface area contributed by atoms with Crippen molar-refractivity contribution in [3.8, 4) is 5.88 Å². The van der Waals surface area contributed by atoms with Gasteiger partial charge in [0.25, 0.3) is 0 Å². The number of aromatic hydroxyl groups is 1. The highest BCUT2D eigenvalue weighted by Crippen LogP contribution is 2.32. The van der Waals surface area contributed by atoms with E-state index in [-0.39, 0.29) is 18.2 Å². The number of nitrogens with two attached hydrogens (primary N) is 1. The van der Waals surface area contributed by atoms with Gasteiger partial charge in [-0.2, -0.15) is 0 Å². The number of benzene rings is 3. The normalized spacial score (nSPS) is 11.9. The van der Waals surface area contributed by atoms with Crippen molar-refractivity contribution >= 4 is 49.9 Å². The number of primary amides is 1. The van der Waals surface area contributed by atoms with Gasteiger partial charge >= 0.3 is 5.97 Å². The zero-order chi connectivity index (χ0) is 27.4. The first kappa shape index (κ1) is 26.4. The van der Waals surface area contributed by atoms with Crippen molar-refractivity contribution in [2.75, 3.05) is 23.7 Å². The number of aromatic amines is 1. The summed E-state index contributed by atoms with van der Waals surface area (Å²) in [6.07, 6.45) is 0.989. The molecule has 0 aliphatic heterocycles. The fourth-order valence-electron chi connectivity index (χ4n) is 3.99. The van der Waals surface area contributed by atoms with E-state index in [2.05, 4.69) is 4.98 Å². The van der Waals surface area contributed by atoms with E-state index in [1.807, 2.05) is 30.3 Å². The summed E-state index contributed by atoms with van der Waals surface area (Å²) in [5.74, 6) is -1.39. The number of aromatic nitrogens is 1. The zero-order valence-electron chi connectivity index (χ0n) is 20.7. The number of sulfonamides is 1. The maximum Gasteiger partial charge on any atom is 0.338 e. The van der Waals surface area contributed by atoms with E-state index < -0.39 is 28.4 Å². The molecular formula is C27H26N4O6S. The molecule has 0 radical (unpaired) electrons. The number of ether oxygens (including phenoxy) is 1.